The fourth-order valence-corrected chi connectivity index (χ4v) is 11.8. The number of thiophene rings is 1. The van der Waals surface area contributed by atoms with Gasteiger partial charge in [-0.2, -0.15) is 0 Å². The summed E-state index contributed by atoms with van der Waals surface area (Å²) in [5.74, 6) is 0.864. The van der Waals surface area contributed by atoms with Crippen LogP contribution in [0.1, 0.15) is 22.3 Å². The van der Waals surface area contributed by atoms with Crippen molar-refractivity contribution in [3.63, 3.8) is 0 Å². The number of aromatic nitrogens is 1. The molecule has 0 fully saturated rings. The van der Waals surface area contributed by atoms with Gasteiger partial charge < -0.3 is 9.32 Å². The van der Waals surface area contributed by atoms with Crippen LogP contribution in [0.15, 0.2) is 247 Å². The van der Waals surface area contributed by atoms with E-state index in [0.29, 0.717) is 0 Å². The smallest absolute Gasteiger partial charge is 0.143 e. The zero-order valence-corrected chi connectivity index (χ0v) is 36.6. The van der Waals surface area contributed by atoms with Crippen molar-refractivity contribution in [3.8, 4) is 44.7 Å². The van der Waals surface area contributed by atoms with Gasteiger partial charge in [-0.1, -0.05) is 158 Å². The number of para-hydroxylation sites is 1. The van der Waals surface area contributed by atoms with E-state index in [1.54, 1.807) is 0 Å². The van der Waals surface area contributed by atoms with Crippen LogP contribution in [0.5, 0.6) is 0 Å². The van der Waals surface area contributed by atoms with E-state index in [1.165, 1.54) is 64.7 Å². The third kappa shape index (κ3) is 5.92. The molecule has 0 bridgehead atoms. The van der Waals surface area contributed by atoms with Gasteiger partial charge in [-0.3, -0.25) is 4.98 Å². The molecule has 0 saturated heterocycles. The van der Waals surface area contributed by atoms with Crippen LogP contribution < -0.4 is 4.90 Å². The number of nitrogens with zero attached hydrogens (tertiary/aromatic N) is 2. The number of fused-ring (bicyclic) bond motifs is 7. The molecule has 3 nitrogen and oxygen atoms in total. The molecule has 66 heavy (non-hydrogen) atoms. The zero-order chi connectivity index (χ0) is 43.6. The predicted octanol–water partition coefficient (Wildman–Crippen LogP) is 17.0. The van der Waals surface area contributed by atoms with Crippen molar-refractivity contribution in [1.82, 2.24) is 4.98 Å². The van der Waals surface area contributed by atoms with Crippen LogP contribution in [0.4, 0.5) is 17.1 Å². The molecule has 310 valence electrons. The van der Waals surface area contributed by atoms with E-state index >= 15 is 0 Å². The molecule has 0 unspecified atom stereocenters. The lowest BCUT2D eigenvalue weighted by Crippen LogP contribution is -2.28. The summed E-state index contributed by atoms with van der Waals surface area (Å²) >= 11 is 1.87. The fourth-order valence-electron chi connectivity index (χ4n) is 10.6. The van der Waals surface area contributed by atoms with Gasteiger partial charge in [0.15, 0.2) is 0 Å². The highest BCUT2D eigenvalue weighted by molar-refractivity contribution is 7.26. The highest BCUT2D eigenvalue weighted by atomic mass is 32.1. The monoisotopic (exact) mass is 860 g/mol. The Bertz CT molecular complexity index is 3690. The molecule has 1 aliphatic carbocycles. The minimum Gasteiger partial charge on any atom is -0.455 e. The Hall–Kier alpha value is -8.31. The summed E-state index contributed by atoms with van der Waals surface area (Å²) in [5, 5.41) is 3.71. The molecule has 0 N–H and O–H groups in total. The average molecular weight is 861 g/mol. The molecule has 0 aliphatic heterocycles. The Balaban J connectivity index is 0.953. The van der Waals surface area contributed by atoms with Gasteiger partial charge in [0.25, 0.3) is 0 Å². The lowest BCUT2D eigenvalue weighted by Gasteiger charge is -2.34. The molecule has 13 rings (SSSR count). The highest BCUT2D eigenvalue weighted by Gasteiger charge is 2.46. The summed E-state index contributed by atoms with van der Waals surface area (Å²) in [6.07, 6.45) is 3.83. The third-order valence-electron chi connectivity index (χ3n) is 13.5. The molecule has 12 aromatic rings. The lowest BCUT2D eigenvalue weighted by molar-refractivity contribution is 0.632. The van der Waals surface area contributed by atoms with Crippen molar-refractivity contribution in [2.75, 3.05) is 4.90 Å². The van der Waals surface area contributed by atoms with Gasteiger partial charge in [0, 0.05) is 66.1 Å². The SMILES string of the molecule is c1ccc(-c2c(-c3ccc(N(c4ccc(-c5cccc6c5sc5ccccc56)cc4)c4ccc(C5(c6ccncc6)c6ccccc6-c6ccccc65)cc4)cc3)oc3ccccc23)cc1. The van der Waals surface area contributed by atoms with Gasteiger partial charge in [0.05, 0.1) is 5.41 Å². The van der Waals surface area contributed by atoms with Crippen LogP contribution >= 0.6 is 11.3 Å². The van der Waals surface area contributed by atoms with Crippen molar-refractivity contribution in [3.05, 3.63) is 265 Å². The minimum absolute atomic E-state index is 0.514. The topological polar surface area (TPSA) is 29.3 Å². The standard InChI is InChI=1S/C62H40N2OS/c1-2-13-42(14-3-1)59-54-18-6-10-23-57(54)65-60(59)43-27-33-47(34-28-43)64(46-31-25-41(26-32-46)49-19-12-20-53-52-17-7-11-24-58(52)66-61(49)53)48-35-29-44(30-36-48)62(45-37-39-63-40-38-45)55-21-8-4-15-50(55)51-16-5-9-22-56(51)62/h1-40H. The van der Waals surface area contributed by atoms with Crippen molar-refractivity contribution in [2.45, 2.75) is 5.41 Å². The molecular formula is C62H40N2OS. The first-order valence-corrected chi connectivity index (χ1v) is 23.2. The Morgan fingerprint density at radius 3 is 1.62 bits per heavy atom. The van der Waals surface area contributed by atoms with E-state index < -0.39 is 5.41 Å². The van der Waals surface area contributed by atoms with E-state index in [4.69, 9.17) is 4.42 Å². The molecule has 4 heteroatoms. The first kappa shape index (κ1) is 38.2. The van der Waals surface area contributed by atoms with E-state index in [1.807, 2.05) is 29.8 Å². The van der Waals surface area contributed by atoms with Crippen molar-refractivity contribution < 1.29 is 4.42 Å². The number of benzene rings is 9. The second kappa shape index (κ2) is 15.4. The van der Waals surface area contributed by atoms with Crippen LogP contribution in [0.25, 0.3) is 75.8 Å². The van der Waals surface area contributed by atoms with Crippen molar-refractivity contribution >= 4 is 59.5 Å². The maximum atomic E-state index is 6.66. The summed E-state index contributed by atoms with van der Waals surface area (Å²) in [5.41, 5.74) is 16.7. The first-order valence-electron chi connectivity index (χ1n) is 22.4. The summed E-state index contributed by atoms with van der Waals surface area (Å²) in [7, 11) is 0. The summed E-state index contributed by atoms with van der Waals surface area (Å²) in [6, 6.07) is 83.5. The van der Waals surface area contributed by atoms with Gasteiger partial charge in [-0.05, 0) is 123 Å². The average Bonchev–Trinajstić information content (AvgIpc) is 4.07. The number of rotatable bonds is 8. The molecule has 0 radical (unpaired) electrons. The number of pyridine rings is 1. The second-order valence-electron chi connectivity index (χ2n) is 17.0. The molecule has 0 saturated carbocycles. The fraction of sp³-hybridized carbons (Fsp3) is 0.0161. The van der Waals surface area contributed by atoms with Gasteiger partial charge in [-0.15, -0.1) is 11.3 Å². The summed E-state index contributed by atoms with van der Waals surface area (Å²) in [4.78, 5) is 6.82. The quantitative estimate of drug-likeness (QED) is 0.152. The maximum absolute atomic E-state index is 6.66. The summed E-state index contributed by atoms with van der Waals surface area (Å²) < 4.78 is 9.28. The predicted molar refractivity (Wildman–Crippen MR) is 275 cm³/mol. The molecule has 3 heterocycles. The van der Waals surface area contributed by atoms with Crippen LogP contribution in [0.3, 0.4) is 0 Å². The van der Waals surface area contributed by atoms with Gasteiger partial charge in [0.1, 0.15) is 11.3 Å². The number of hydrogen-bond acceptors (Lipinski definition) is 4. The molecule has 1 aliphatic rings. The van der Waals surface area contributed by atoms with Crippen molar-refractivity contribution in [1.29, 1.82) is 0 Å². The van der Waals surface area contributed by atoms with E-state index in [2.05, 4.69) is 234 Å². The Labute approximate surface area is 387 Å². The normalized spacial score (nSPS) is 12.7. The van der Waals surface area contributed by atoms with E-state index in [0.717, 1.165) is 50.5 Å². The minimum atomic E-state index is -0.514. The molecular weight excluding hydrogens is 821 g/mol. The number of furan rings is 1. The summed E-state index contributed by atoms with van der Waals surface area (Å²) in [6.45, 7) is 0. The Kier molecular flexibility index (Phi) is 8.93. The first-order chi connectivity index (χ1) is 32.7. The van der Waals surface area contributed by atoms with Crippen molar-refractivity contribution in [2.24, 2.45) is 0 Å². The lowest BCUT2D eigenvalue weighted by atomic mass is 9.68. The molecule has 0 amide bonds. The molecule has 9 aromatic carbocycles. The van der Waals surface area contributed by atoms with Crippen LogP contribution in [0.2, 0.25) is 0 Å². The Morgan fingerprint density at radius 2 is 0.924 bits per heavy atom. The zero-order valence-electron chi connectivity index (χ0n) is 35.8. The molecule has 0 spiro atoms. The highest BCUT2D eigenvalue weighted by Crippen LogP contribution is 2.56. The maximum Gasteiger partial charge on any atom is 0.143 e. The number of hydrogen-bond donors (Lipinski definition) is 0. The number of anilines is 3. The molecule has 3 aromatic heterocycles. The van der Waals surface area contributed by atoms with Gasteiger partial charge in [0.2, 0.25) is 0 Å². The van der Waals surface area contributed by atoms with Crippen LogP contribution in [0, 0.1) is 0 Å². The van der Waals surface area contributed by atoms with Gasteiger partial charge >= 0.3 is 0 Å². The Morgan fingerprint density at radius 1 is 0.394 bits per heavy atom. The van der Waals surface area contributed by atoms with E-state index in [9.17, 15) is 0 Å². The van der Waals surface area contributed by atoms with Crippen LogP contribution in [-0.4, -0.2) is 4.98 Å². The third-order valence-corrected chi connectivity index (χ3v) is 14.7. The largest absolute Gasteiger partial charge is 0.455 e. The molecule has 0 atom stereocenters. The van der Waals surface area contributed by atoms with Crippen LogP contribution in [-0.2, 0) is 5.41 Å². The second-order valence-corrected chi connectivity index (χ2v) is 18.1. The van der Waals surface area contributed by atoms with Gasteiger partial charge in [-0.25, -0.2) is 0 Å². The van der Waals surface area contributed by atoms with E-state index in [-0.39, 0.29) is 0 Å².